The quantitative estimate of drug-likeness (QED) is 0.0211. The Morgan fingerprint density at radius 2 is 0.730 bits per heavy atom. The van der Waals surface area contributed by atoms with Gasteiger partial charge in [-0.25, -0.2) is 4.57 Å². The molecule has 0 radical (unpaired) electrons. The summed E-state index contributed by atoms with van der Waals surface area (Å²) in [6, 6.07) is 0. The molecule has 0 saturated heterocycles. The molecule has 10 heteroatoms. The van der Waals surface area contributed by atoms with E-state index in [1.165, 1.54) is 250 Å². The fraction of sp³-hybridized carbons (Fsp3) is 0.906. The molecule has 9 nitrogen and oxygen atoms in total. The molecule has 0 aromatic heterocycles. The zero-order chi connectivity index (χ0) is 54.2. The Kier molecular flexibility index (Phi) is 55.1. The molecule has 1 N–H and O–H groups in total. The average molecular weight is 1070 g/mol. The van der Waals surface area contributed by atoms with Crippen molar-refractivity contribution >= 4 is 19.8 Å². The number of likely N-dealkylation sites (N-methyl/N-ethyl adjacent to an activating group) is 1. The van der Waals surface area contributed by atoms with E-state index in [9.17, 15) is 19.0 Å². The van der Waals surface area contributed by atoms with Crippen LogP contribution in [0, 0.1) is 0 Å². The Morgan fingerprint density at radius 3 is 1.07 bits per heavy atom. The largest absolute Gasteiger partial charge is 0.472 e. The van der Waals surface area contributed by atoms with Crippen molar-refractivity contribution in [2.75, 3.05) is 47.5 Å². The van der Waals surface area contributed by atoms with Crippen molar-refractivity contribution in [2.24, 2.45) is 0 Å². The van der Waals surface area contributed by atoms with Crippen LogP contribution in [-0.4, -0.2) is 74.9 Å². The van der Waals surface area contributed by atoms with E-state index in [-0.39, 0.29) is 25.6 Å². The summed E-state index contributed by atoms with van der Waals surface area (Å²) in [5.41, 5.74) is 0. The molecule has 0 amide bonds. The summed E-state index contributed by atoms with van der Waals surface area (Å²) in [5, 5.41) is 0. The van der Waals surface area contributed by atoms with Crippen LogP contribution >= 0.6 is 7.82 Å². The fourth-order valence-electron chi connectivity index (χ4n) is 9.52. The second-order valence-corrected chi connectivity index (χ2v) is 24.6. The molecule has 0 aliphatic carbocycles. The van der Waals surface area contributed by atoms with E-state index < -0.39 is 26.5 Å². The van der Waals surface area contributed by atoms with Gasteiger partial charge in [-0.3, -0.25) is 18.6 Å². The lowest BCUT2D eigenvalue weighted by Crippen LogP contribution is -2.37. The topological polar surface area (TPSA) is 108 Å². The Balaban J connectivity index is 3.82. The molecule has 0 bridgehead atoms. The van der Waals surface area contributed by atoms with Crippen LogP contribution in [0.4, 0.5) is 0 Å². The first-order valence-electron chi connectivity index (χ1n) is 32.1. The monoisotopic (exact) mass is 1070 g/mol. The van der Waals surface area contributed by atoms with Gasteiger partial charge in [0.15, 0.2) is 6.10 Å². The lowest BCUT2D eigenvalue weighted by Gasteiger charge is -2.24. The number of hydrogen-bond donors (Lipinski definition) is 1. The Morgan fingerprint density at radius 1 is 0.419 bits per heavy atom. The van der Waals surface area contributed by atoms with E-state index in [1.54, 1.807) is 0 Å². The molecule has 0 aliphatic rings. The number of rotatable bonds is 60. The summed E-state index contributed by atoms with van der Waals surface area (Å²) < 4.78 is 34.5. The van der Waals surface area contributed by atoms with E-state index in [1.807, 2.05) is 21.1 Å². The maximum absolute atomic E-state index is 12.8. The van der Waals surface area contributed by atoms with E-state index in [4.69, 9.17) is 18.5 Å². The second-order valence-electron chi connectivity index (χ2n) is 23.2. The highest BCUT2D eigenvalue weighted by atomic mass is 31.2. The molecule has 0 heterocycles. The van der Waals surface area contributed by atoms with Gasteiger partial charge in [-0.15, -0.1) is 0 Å². The van der Waals surface area contributed by atoms with Gasteiger partial charge in [0.25, 0.3) is 0 Å². The molecule has 74 heavy (non-hydrogen) atoms. The van der Waals surface area contributed by atoms with Gasteiger partial charge in [0, 0.05) is 12.8 Å². The first-order chi connectivity index (χ1) is 36.0. The first-order valence-corrected chi connectivity index (χ1v) is 33.6. The van der Waals surface area contributed by atoms with Crippen LogP contribution in [0.3, 0.4) is 0 Å². The minimum atomic E-state index is -4.38. The highest BCUT2D eigenvalue weighted by Crippen LogP contribution is 2.43. The van der Waals surface area contributed by atoms with E-state index >= 15 is 0 Å². The second kappa shape index (κ2) is 56.2. The number of esters is 2. The third-order valence-corrected chi connectivity index (χ3v) is 15.5. The number of ether oxygens (including phenoxy) is 2. The summed E-state index contributed by atoms with van der Waals surface area (Å²) in [5.74, 6) is -0.780. The fourth-order valence-corrected chi connectivity index (χ4v) is 10.3. The highest BCUT2D eigenvalue weighted by Gasteiger charge is 2.27. The van der Waals surface area contributed by atoms with Crippen molar-refractivity contribution < 1.29 is 42.1 Å². The molecule has 0 spiro atoms. The van der Waals surface area contributed by atoms with E-state index in [2.05, 4.69) is 38.2 Å². The number of quaternary nitrogens is 1. The first kappa shape index (κ1) is 72.5. The van der Waals surface area contributed by atoms with Crippen molar-refractivity contribution in [3.63, 3.8) is 0 Å². The van der Waals surface area contributed by atoms with Gasteiger partial charge in [-0.2, -0.15) is 0 Å². The molecule has 2 atom stereocenters. The smallest absolute Gasteiger partial charge is 0.462 e. The number of hydrogen-bond acceptors (Lipinski definition) is 7. The number of nitrogens with zero attached hydrogens (tertiary/aromatic N) is 1. The number of phosphoric acid groups is 1. The molecule has 2 unspecified atom stereocenters. The lowest BCUT2D eigenvalue weighted by molar-refractivity contribution is -0.870. The van der Waals surface area contributed by atoms with Gasteiger partial charge in [0.05, 0.1) is 27.7 Å². The highest BCUT2D eigenvalue weighted by molar-refractivity contribution is 7.47. The van der Waals surface area contributed by atoms with Crippen molar-refractivity contribution in [2.45, 2.75) is 328 Å². The van der Waals surface area contributed by atoms with Crippen LogP contribution in [0.1, 0.15) is 322 Å². The maximum Gasteiger partial charge on any atom is 0.472 e. The molecular formula is C64H125NO8P+. The standard InChI is InChI=1S/C64H124NO8P/c1-6-8-10-12-14-16-18-19-20-21-22-23-24-25-26-27-28-29-30-31-32-33-34-35-36-37-38-39-40-41-42-43-44-45-47-49-51-53-55-57-64(67)73-62(61-72-74(68,69)71-59-58-65(3,4)5)60-70-63(66)56-54-52-50-48-46-17-15-13-11-9-7-2/h18-19,21-22,62H,6-17,20,23-61H2,1-5H3/p+1/b19-18-,22-21-. The lowest BCUT2D eigenvalue weighted by atomic mass is 10.0. The number of carbonyl (C=O) groups excluding carboxylic acids is 2. The predicted octanol–water partition coefficient (Wildman–Crippen LogP) is 20.2. The summed E-state index contributed by atoms with van der Waals surface area (Å²) in [6.07, 6.45) is 68.7. The van der Waals surface area contributed by atoms with Crippen LogP contribution in [0.5, 0.6) is 0 Å². The van der Waals surface area contributed by atoms with E-state index in [0.29, 0.717) is 17.4 Å². The number of phosphoric ester groups is 1. The van der Waals surface area contributed by atoms with Crippen molar-refractivity contribution in [3.05, 3.63) is 24.3 Å². The Hall–Kier alpha value is -1.51. The third-order valence-electron chi connectivity index (χ3n) is 14.5. The zero-order valence-corrected chi connectivity index (χ0v) is 50.8. The molecule has 438 valence electrons. The molecule has 0 fully saturated rings. The zero-order valence-electron chi connectivity index (χ0n) is 49.9. The summed E-state index contributed by atoms with van der Waals surface area (Å²) in [4.78, 5) is 35.6. The molecule has 0 aliphatic heterocycles. The third kappa shape index (κ3) is 59.7. The molecule has 0 aromatic rings. The average Bonchev–Trinajstić information content (AvgIpc) is 3.36. The number of unbranched alkanes of at least 4 members (excludes halogenated alkanes) is 42. The maximum atomic E-state index is 12.8. The molecule has 0 saturated carbocycles. The van der Waals surface area contributed by atoms with E-state index in [0.717, 1.165) is 44.9 Å². The van der Waals surface area contributed by atoms with Crippen LogP contribution < -0.4 is 0 Å². The minimum Gasteiger partial charge on any atom is -0.462 e. The van der Waals surface area contributed by atoms with Crippen molar-refractivity contribution in [1.82, 2.24) is 0 Å². The number of allylic oxidation sites excluding steroid dienone is 4. The molecule has 0 aromatic carbocycles. The van der Waals surface area contributed by atoms with Gasteiger partial charge < -0.3 is 18.9 Å². The molecule has 0 rings (SSSR count). The summed E-state index contributed by atoms with van der Waals surface area (Å²) in [6.45, 7) is 4.46. The van der Waals surface area contributed by atoms with Crippen LogP contribution in [0.15, 0.2) is 24.3 Å². The normalized spacial score (nSPS) is 13.3. The van der Waals surface area contributed by atoms with Gasteiger partial charge in [0.1, 0.15) is 19.8 Å². The van der Waals surface area contributed by atoms with Crippen molar-refractivity contribution in [3.8, 4) is 0 Å². The Labute approximate surface area is 459 Å². The van der Waals surface area contributed by atoms with Crippen LogP contribution in [0.2, 0.25) is 0 Å². The number of carbonyl (C=O) groups is 2. The minimum absolute atomic E-state index is 0.0359. The Bertz CT molecular complexity index is 1300. The van der Waals surface area contributed by atoms with Gasteiger partial charge in [-0.05, 0) is 44.9 Å². The van der Waals surface area contributed by atoms with Crippen LogP contribution in [0.25, 0.3) is 0 Å². The van der Waals surface area contributed by atoms with Gasteiger partial charge in [0.2, 0.25) is 0 Å². The van der Waals surface area contributed by atoms with Crippen LogP contribution in [-0.2, 0) is 32.7 Å². The SMILES string of the molecule is CCCCCCC/C=C\C/C=C\CCCCCCCCCCCCCCCCCCCCCCCCCCCCCC(=O)OC(COC(=O)CCCCCCCCCCCCC)COP(=O)(O)OCC[N+](C)(C)C. The predicted molar refractivity (Wildman–Crippen MR) is 317 cm³/mol. The van der Waals surface area contributed by atoms with Gasteiger partial charge >= 0.3 is 19.8 Å². The summed E-state index contributed by atoms with van der Waals surface area (Å²) in [7, 11) is 1.50. The molecular weight excluding hydrogens is 942 g/mol. The summed E-state index contributed by atoms with van der Waals surface area (Å²) >= 11 is 0. The van der Waals surface area contributed by atoms with Crippen molar-refractivity contribution in [1.29, 1.82) is 0 Å². The van der Waals surface area contributed by atoms with Gasteiger partial charge in [-0.1, -0.05) is 289 Å².